The predicted octanol–water partition coefficient (Wildman–Crippen LogP) is 4.12. The number of nitrogens with zero attached hydrogens (tertiary/aromatic N) is 1. The molecule has 0 aromatic heterocycles. The van der Waals surface area contributed by atoms with Gasteiger partial charge in [-0.05, 0) is 43.5 Å². The fraction of sp³-hybridized carbons (Fsp3) is 0.333. The van der Waals surface area contributed by atoms with E-state index in [9.17, 15) is 9.59 Å². The van der Waals surface area contributed by atoms with Crippen LogP contribution in [0.4, 0.5) is 17.1 Å². The molecule has 1 fully saturated rings. The van der Waals surface area contributed by atoms with E-state index in [0.29, 0.717) is 0 Å². The summed E-state index contributed by atoms with van der Waals surface area (Å²) in [7, 11) is 0. The topological polar surface area (TPSA) is 61.4 Å². The summed E-state index contributed by atoms with van der Waals surface area (Å²) >= 11 is 1.45. The van der Waals surface area contributed by atoms with E-state index in [2.05, 4.69) is 21.6 Å². The summed E-state index contributed by atoms with van der Waals surface area (Å²) in [5, 5.41) is 5.51. The van der Waals surface area contributed by atoms with Crippen molar-refractivity contribution in [2.24, 2.45) is 0 Å². The molecule has 0 bridgehead atoms. The highest BCUT2D eigenvalue weighted by atomic mass is 32.2. The molecule has 2 aliphatic heterocycles. The van der Waals surface area contributed by atoms with Gasteiger partial charge in [0.2, 0.25) is 11.8 Å². The molecular weight excluding hydrogens is 358 g/mol. The van der Waals surface area contributed by atoms with Gasteiger partial charge < -0.3 is 15.5 Å². The molecule has 2 heterocycles. The average molecular weight is 382 g/mol. The van der Waals surface area contributed by atoms with Crippen LogP contribution in [0.3, 0.4) is 0 Å². The molecule has 6 heteroatoms. The van der Waals surface area contributed by atoms with Crippen molar-refractivity contribution < 1.29 is 9.59 Å². The molecule has 0 spiro atoms. The number of para-hydroxylation sites is 3. The molecule has 1 atom stereocenters. The second-order valence-corrected chi connectivity index (χ2v) is 8.15. The van der Waals surface area contributed by atoms with E-state index < -0.39 is 5.25 Å². The molecule has 5 nitrogen and oxygen atoms in total. The maximum atomic E-state index is 12.7. The molecule has 0 radical (unpaired) electrons. The van der Waals surface area contributed by atoms with Crippen LogP contribution in [-0.2, 0) is 9.59 Å². The van der Waals surface area contributed by atoms with Crippen LogP contribution in [-0.4, -0.2) is 30.2 Å². The van der Waals surface area contributed by atoms with Crippen molar-refractivity contribution in [1.82, 2.24) is 0 Å². The van der Waals surface area contributed by atoms with Crippen LogP contribution in [0, 0.1) is 0 Å². The van der Waals surface area contributed by atoms with Crippen LogP contribution >= 0.6 is 11.8 Å². The molecule has 1 saturated heterocycles. The van der Waals surface area contributed by atoms with Crippen LogP contribution in [0.1, 0.15) is 25.7 Å². The smallest absolute Gasteiger partial charge is 0.238 e. The van der Waals surface area contributed by atoms with Crippen LogP contribution in [0.25, 0.3) is 0 Å². The minimum absolute atomic E-state index is 0.113. The molecule has 2 amide bonds. The van der Waals surface area contributed by atoms with Gasteiger partial charge in [0.15, 0.2) is 0 Å². The molecule has 0 saturated carbocycles. The molecule has 2 aliphatic rings. The Hall–Kier alpha value is -2.47. The maximum absolute atomic E-state index is 12.7. The molecule has 4 rings (SSSR count). The summed E-state index contributed by atoms with van der Waals surface area (Å²) in [6, 6.07) is 15.6. The number of rotatable bonds is 4. The van der Waals surface area contributed by atoms with Crippen molar-refractivity contribution in [3.63, 3.8) is 0 Å². The Kier molecular flexibility index (Phi) is 5.34. The number of amides is 2. The third-order valence-electron chi connectivity index (χ3n) is 4.95. The quantitative estimate of drug-likeness (QED) is 0.836. The number of anilines is 3. The van der Waals surface area contributed by atoms with Crippen LogP contribution < -0.4 is 15.5 Å². The zero-order valence-electron chi connectivity index (χ0n) is 15.1. The lowest BCUT2D eigenvalue weighted by atomic mass is 10.1. The molecule has 2 N–H and O–H groups in total. The summed E-state index contributed by atoms with van der Waals surface area (Å²) < 4.78 is 0. The number of benzene rings is 2. The second kappa shape index (κ2) is 8.05. The normalized spacial score (nSPS) is 19.2. The van der Waals surface area contributed by atoms with Crippen molar-refractivity contribution in [2.75, 3.05) is 28.6 Å². The van der Waals surface area contributed by atoms with Crippen molar-refractivity contribution in [3.8, 4) is 0 Å². The van der Waals surface area contributed by atoms with Gasteiger partial charge in [0.1, 0.15) is 0 Å². The maximum Gasteiger partial charge on any atom is 0.238 e. The third-order valence-corrected chi connectivity index (χ3v) is 6.23. The lowest BCUT2D eigenvalue weighted by Crippen LogP contribution is -2.33. The predicted molar refractivity (Wildman–Crippen MR) is 110 cm³/mol. The second-order valence-electron chi connectivity index (χ2n) is 6.91. The summed E-state index contributed by atoms with van der Waals surface area (Å²) in [6.45, 7) is 2.04. The van der Waals surface area contributed by atoms with Crippen LogP contribution in [0.5, 0.6) is 0 Å². The van der Waals surface area contributed by atoms with Crippen molar-refractivity contribution >= 4 is 40.6 Å². The van der Waals surface area contributed by atoms with Gasteiger partial charge in [-0.3, -0.25) is 9.59 Å². The minimum atomic E-state index is -0.415. The van der Waals surface area contributed by atoms with Gasteiger partial charge in [-0.15, -0.1) is 11.8 Å². The van der Waals surface area contributed by atoms with Crippen molar-refractivity contribution in [1.29, 1.82) is 0 Å². The van der Waals surface area contributed by atoms with E-state index in [4.69, 9.17) is 0 Å². The van der Waals surface area contributed by atoms with E-state index in [1.165, 1.54) is 31.0 Å². The summed E-state index contributed by atoms with van der Waals surface area (Å²) in [6.07, 6.45) is 3.78. The van der Waals surface area contributed by atoms with E-state index in [1.807, 2.05) is 42.5 Å². The number of hydrogen-bond donors (Lipinski definition) is 2. The Balaban J connectivity index is 1.44. The molecule has 1 unspecified atom stereocenters. The van der Waals surface area contributed by atoms with Gasteiger partial charge in [-0.1, -0.05) is 24.3 Å². The largest absolute Gasteiger partial charge is 0.370 e. The monoisotopic (exact) mass is 381 g/mol. The van der Waals surface area contributed by atoms with Gasteiger partial charge in [0.05, 0.1) is 22.3 Å². The highest BCUT2D eigenvalue weighted by molar-refractivity contribution is 8.01. The minimum Gasteiger partial charge on any atom is -0.370 e. The molecule has 0 aliphatic carbocycles. The molecule has 2 aromatic rings. The first-order valence-corrected chi connectivity index (χ1v) is 10.3. The molecule has 2 aromatic carbocycles. The Labute approximate surface area is 163 Å². The van der Waals surface area contributed by atoms with E-state index in [-0.39, 0.29) is 18.2 Å². The SMILES string of the molecule is O=C(CC1Sc2ccccc2NC1=O)Nc1ccccc1N1CCCCC1. The number of thioether (sulfide) groups is 1. The first-order valence-electron chi connectivity index (χ1n) is 9.41. The first kappa shape index (κ1) is 17.9. The Morgan fingerprint density at radius 2 is 1.81 bits per heavy atom. The first-order chi connectivity index (χ1) is 13.2. The molecule has 27 heavy (non-hydrogen) atoms. The van der Waals surface area contributed by atoms with E-state index in [1.54, 1.807) is 0 Å². The number of fused-ring (bicyclic) bond motifs is 1. The standard InChI is InChI=1S/C21H23N3O2S/c25-20(14-19-21(26)23-16-9-3-5-11-18(16)27-19)22-15-8-2-4-10-17(15)24-12-6-1-7-13-24/h2-5,8-11,19H,1,6-7,12-14H2,(H,22,25)(H,23,26). The number of nitrogens with one attached hydrogen (secondary N) is 2. The molecule has 140 valence electrons. The lowest BCUT2D eigenvalue weighted by molar-refractivity contribution is -0.120. The van der Waals surface area contributed by atoms with Crippen molar-refractivity contribution in [2.45, 2.75) is 35.8 Å². The third kappa shape index (κ3) is 4.11. The average Bonchev–Trinajstić information content (AvgIpc) is 2.69. The summed E-state index contributed by atoms with van der Waals surface area (Å²) in [5.41, 5.74) is 2.71. The number of carbonyl (C=O) groups is 2. The van der Waals surface area contributed by atoms with Crippen molar-refractivity contribution in [3.05, 3.63) is 48.5 Å². The fourth-order valence-corrected chi connectivity index (χ4v) is 4.70. The Bertz CT molecular complexity index is 849. The lowest BCUT2D eigenvalue weighted by Gasteiger charge is -2.30. The summed E-state index contributed by atoms with van der Waals surface area (Å²) in [4.78, 5) is 28.3. The van der Waals surface area contributed by atoms with Gasteiger partial charge >= 0.3 is 0 Å². The summed E-state index contributed by atoms with van der Waals surface area (Å²) in [5.74, 6) is -0.246. The molecular formula is C21H23N3O2S. The zero-order valence-corrected chi connectivity index (χ0v) is 15.9. The number of hydrogen-bond acceptors (Lipinski definition) is 4. The van der Waals surface area contributed by atoms with Gasteiger partial charge in [-0.25, -0.2) is 0 Å². The number of carbonyl (C=O) groups excluding carboxylic acids is 2. The van der Waals surface area contributed by atoms with Gasteiger partial charge in [0.25, 0.3) is 0 Å². The van der Waals surface area contributed by atoms with Crippen LogP contribution in [0.15, 0.2) is 53.4 Å². The Morgan fingerprint density at radius 1 is 1.07 bits per heavy atom. The Morgan fingerprint density at radius 3 is 2.67 bits per heavy atom. The van der Waals surface area contributed by atoms with E-state index >= 15 is 0 Å². The number of piperidine rings is 1. The van der Waals surface area contributed by atoms with Gasteiger partial charge in [0, 0.05) is 24.4 Å². The van der Waals surface area contributed by atoms with E-state index in [0.717, 1.165) is 35.0 Å². The zero-order chi connectivity index (χ0) is 18.6. The highest BCUT2D eigenvalue weighted by Gasteiger charge is 2.29. The van der Waals surface area contributed by atoms with Gasteiger partial charge in [-0.2, -0.15) is 0 Å². The van der Waals surface area contributed by atoms with Crippen LogP contribution in [0.2, 0.25) is 0 Å². The highest BCUT2D eigenvalue weighted by Crippen LogP contribution is 2.37. The fourth-order valence-electron chi connectivity index (χ4n) is 3.59.